The van der Waals surface area contributed by atoms with Crippen molar-refractivity contribution in [3.63, 3.8) is 0 Å². The van der Waals surface area contributed by atoms with Gasteiger partial charge in [0.2, 0.25) is 5.78 Å². The molecule has 1 aromatic heterocycles. The summed E-state index contributed by atoms with van der Waals surface area (Å²) in [4.78, 5) is 32.3. The topological polar surface area (TPSA) is 80.8 Å². The summed E-state index contributed by atoms with van der Waals surface area (Å²) in [5, 5.41) is 3.05. The summed E-state index contributed by atoms with van der Waals surface area (Å²) in [6, 6.07) is 16.9. The van der Waals surface area contributed by atoms with Crippen LogP contribution in [-0.4, -0.2) is 40.7 Å². The van der Waals surface area contributed by atoms with Crippen molar-refractivity contribution >= 4 is 11.7 Å². The van der Waals surface area contributed by atoms with E-state index in [1.165, 1.54) is 24.3 Å². The molecule has 0 bridgehead atoms. The lowest BCUT2D eigenvalue weighted by Crippen LogP contribution is -2.44. The molecule has 0 aliphatic carbocycles. The van der Waals surface area contributed by atoms with Crippen LogP contribution in [0.3, 0.4) is 0 Å². The molecule has 3 heterocycles. The molecule has 5 rings (SSSR count). The van der Waals surface area contributed by atoms with E-state index in [-0.39, 0.29) is 30.2 Å². The second kappa shape index (κ2) is 11.1. The molecule has 1 saturated heterocycles. The SMILES string of the molecule is CC(C)=C1Oc2cccc(OCc3cccc(CN4CCC(NC(=O)c5ccc(F)cc5)CC4)n3)c2C1=O. The Hall–Kier alpha value is -4.04. The Morgan fingerprint density at radius 3 is 2.50 bits per heavy atom. The Balaban J connectivity index is 1.14. The Morgan fingerprint density at radius 1 is 1.05 bits per heavy atom. The van der Waals surface area contributed by atoms with E-state index in [4.69, 9.17) is 14.5 Å². The number of hydrogen-bond acceptors (Lipinski definition) is 6. The summed E-state index contributed by atoms with van der Waals surface area (Å²) in [6.45, 7) is 6.30. The number of carbonyl (C=O) groups is 2. The van der Waals surface area contributed by atoms with Gasteiger partial charge >= 0.3 is 0 Å². The predicted molar refractivity (Wildman–Crippen MR) is 141 cm³/mol. The lowest BCUT2D eigenvalue weighted by molar-refractivity contribution is 0.0908. The maximum absolute atomic E-state index is 13.1. The van der Waals surface area contributed by atoms with Crippen LogP contribution in [0.1, 0.15) is 58.8 Å². The molecular formula is C30H30FN3O4. The number of Topliss-reactive ketones (excluding diaryl/α,β-unsaturated/α-hetero) is 1. The van der Waals surface area contributed by atoms with Crippen molar-refractivity contribution in [3.8, 4) is 11.5 Å². The third kappa shape index (κ3) is 5.75. The smallest absolute Gasteiger partial charge is 0.251 e. The number of halogens is 1. The van der Waals surface area contributed by atoms with Crippen LogP contribution in [0, 0.1) is 5.82 Å². The second-order valence-electron chi connectivity index (χ2n) is 9.83. The van der Waals surface area contributed by atoms with Crippen LogP contribution in [0.4, 0.5) is 4.39 Å². The Bertz CT molecular complexity index is 1370. The minimum absolute atomic E-state index is 0.0858. The van der Waals surface area contributed by atoms with Crippen molar-refractivity contribution < 1.29 is 23.5 Å². The zero-order valence-electron chi connectivity index (χ0n) is 21.5. The average molecular weight is 516 g/mol. The highest BCUT2D eigenvalue weighted by Crippen LogP contribution is 2.38. The van der Waals surface area contributed by atoms with E-state index in [2.05, 4.69) is 10.2 Å². The summed E-state index contributed by atoms with van der Waals surface area (Å²) in [5.41, 5.74) is 3.45. The number of ketones is 1. The molecular weight excluding hydrogens is 485 g/mol. The average Bonchev–Trinajstić information content (AvgIpc) is 3.26. The van der Waals surface area contributed by atoms with Crippen LogP contribution in [0.15, 0.2) is 72.0 Å². The zero-order valence-corrected chi connectivity index (χ0v) is 21.5. The minimum atomic E-state index is -0.356. The number of aromatic nitrogens is 1. The van der Waals surface area contributed by atoms with Gasteiger partial charge in [-0.15, -0.1) is 0 Å². The summed E-state index contributed by atoms with van der Waals surface area (Å²) in [6.07, 6.45) is 1.66. The summed E-state index contributed by atoms with van der Waals surface area (Å²) in [7, 11) is 0. The highest BCUT2D eigenvalue weighted by Gasteiger charge is 2.31. The third-order valence-electron chi connectivity index (χ3n) is 6.74. The van der Waals surface area contributed by atoms with Gasteiger partial charge in [-0.05, 0) is 80.8 Å². The van der Waals surface area contributed by atoms with E-state index in [9.17, 15) is 14.0 Å². The number of amides is 1. The van der Waals surface area contributed by atoms with Gasteiger partial charge in [-0.2, -0.15) is 0 Å². The van der Waals surface area contributed by atoms with Gasteiger partial charge in [-0.25, -0.2) is 4.39 Å². The van der Waals surface area contributed by atoms with Gasteiger partial charge in [0, 0.05) is 31.2 Å². The first-order chi connectivity index (χ1) is 18.4. The predicted octanol–water partition coefficient (Wildman–Crippen LogP) is 5.06. The first-order valence-corrected chi connectivity index (χ1v) is 12.8. The number of allylic oxidation sites excluding steroid dienone is 2. The van der Waals surface area contributed by atoms with Crippen LogP contribution in [0.25, 0.3) is 0 Å². The number of piperidine rings is 1. The first kappa shape index (κ1) is 25.6. The number of fused-ring (bicyclic) bond motifs is 1. The number of carbonyl (C=O) groups excluding carboxylic acids is 2. The maximum Gasteiger partial charge on any atom is 0.251 e. The molecule has 1 fully saturated rings. The number of nitrogens with one attached hydrogen (secondary N) is 1. The van der Waals surface area contributed by atoms with Crippen molar-refractivity contribution in [2.75, 3.05) is 13.1 Å². The molecule has 0 unspecified atom stereocenters. The first-order valence-electron chi connectivity index (χ1n) is 12.8. The van der Waals surface area contributed by atoms with E-state index in [0.29, 0.717) is 34.9 Å². The zero-order chi connectivity index (χ0) is 26.6. The summed E-state index contributed by atoms with van der Waals surface area (Å²) >= 11 is 0. The second-order valence-corrected chi connectivity index (χ2v) is 9.83. The standard InChI is InChI=1S/C30H30FN3O4/c1-19(2)29-28(35)27-25(7-4-8-26(27)38-29)37-18-24-6-3-5-23(32-24)17-34-15-13-22(14-16-34)33-30(36)20-9-11-21(31)12-10-20/h3-12,22H,13-18H2,1-2H3,(H,33,36). The lowest BCUT2D eigenvalue weighted by atomic mass is 10.0. The molecule has 38 heavy (non-hydrogen) atoms. The molecule has 196 valence electrons. The van der Waals surface area contributed by atoms with Crippen LogP contribution < -0.4 is 14.8 Å². The Morgan fingerprint density at radius 2 is 1.76 bits per heavy atom. The molecule has 8 heteroatoms. The van der Waals surface area contributed by atoms with Gasteiger partial charge in [-0.1, -0.05) is 12.1 Å². The number of ether oxygens (including phenoxy) is 2. The number of pyridine rings is 1. The number of likely N-dealkylation sites (tertiary alicyclic amines) is 1. The van der Waals surface area contributed by atoms with Crippen LogP contribution in [0.5, 0.6) is 11.5 Å². The highest BCUT2D eigenvalue weighted by molar-refractivity contribution is 6.14. The molecule has 2 aliphatic heterocycles. The fourth-order valence-electron chi connectivity index (χ4n) is 4.72. The fraction of sp³-hybridized carbons (Fsp3) is 0.300. The molecule has 0 saturated carbocycles. The van der Waals surface area contributed by atoms with Crippen molar-refractivity contribution in [1.82, 2.24) is 15.2 Å². The Labute approximate surface area is 221 Å². The van der Waals surface area contributed by atoms with Gasteiger partial charge in [0.05, 0.1) is 11.4 Å². The van der Waals surface area contributed by atoms with Gasteiger partial charge in [0.1, 0.15) is 29.5 Å². The molecule has 0 spiro atoms. The maximum atomic E-state index is 13.1. The number of nitrogens with zero attached hydrogens (tertiary/aromatic N) is 2. The molecule has 1 N–H and O–H groups in total. The summed E-state index contributed by atoms with van der Waals surface area (Å²) in [5.74, 6) is 0.672. The molecule has 2 aromatic carbocycles. The molecule has 0 radical (unpaired) electrons. The van der Waals surface area contributed by atoms with Crippen molar-refractivity contribution in [1.29, 1.82) is 0 Å². The van der Waals surface area contributed by atoms with Crippen molar-refractivity contribution in [3.05, 3.63) is 100 Å². The number of benzene rings is 2. The monoisotopic (exact) mass is 515 g/mol. The van der Waals surface area contributed by atoms with Crippen LogP contribution in [-0.2, 0) is 13.2 Å². The fourth-order valence-corrected chi connectivity index (χ4v) is 4.72. The lowest BCUT2D eigenvalue weighted by Gasteiger charge is -2.32. The van der Waals surface area contributed by atoms with Gasteiger partial charge in [-0.3, -0.25) is 19.5 Å². The van der Waals surface area contributed by atoms with E-state index in [1.54, 1.807) is 12.1 Å². The summed E-state index contributed by atoms with van der Waals surface area (Å²) < 4.78 is 24.8. The van der Waals surface area contributed by atoms with Gasteiger partial charge in [0.25, 0.3) is 5.91 Å². The van der Waals surface area contributed by atoms with E-state index in [1.807, 2.05) is 38.1 Å². The van der Waals surface area contributed by atoms with Crippen LogP contribution in [0.2, 0.25) is 0 Å². The van der Waals surface area contributed by atoms with E-state index in [0.717, 1.165) is 42.9 Å². The molecule has 7 nitrogen and oxygen atoms in total. The molecule has 0 atom stereocenters. The minimum Gasteiger partial charge on any atom is -0.486 e. The Kier molecular flexibility index (Phi) is 7.51. The largest absolute Gasteiger partial charge is 0.486 e. The normalized spacial score (nSPS) is 15.7. The number of rotatable bonds is 7. The number of hydrogen-bond donors (Lipinski definition) is 1. The van der Waals surface area contributed by atoms with E-state index >= 15 is 0 Å². The van der Waals surface area contributed by atoms with E-state index < -0.39 is 0 Å². The third-order valence-corrected chi connectivity index (χ3v) is 6.74. The molecule has 1 amide bonds. The quantitative estimate of drug-likeness (QED) is 0.443. The molecule has 2 aliphatic rings. The van der Waals surface area contributed by atoms with Gasteiger partial charge in [0.15, 0.2) is 5.76 Å². The van der Waals surface area contributed by atoms with Crippen LogP contribution >= 0.6 is 0 Å². The van der Waals surface area contributed by atoms with Gasteiger partial charge < -0.3 is 14.8 Å². The van der Waals surface area contributed by atoms with Crippen molar-refractivity contribution in [2.24, 2.45) is 0 Å². The molecule has 3 aromatic rings. The highest BCUT2D eigenvalue weighted by atomic mass is 19.1. The van der Waals surface area contributed by atoms with Crippen molar-refractivity contribution in [2.45, 2.75) is 45.9 Å².